The van der Waals surface area contributed by atoms with E-state index in [9.17, 15) is 14.7 Å². The van der Waals surface area contributed by atoms with Crippen molar-refractivity contribution in [2.45, 2.75) is 69.4 Å². The molecule has 2 aliphatic carbocycles. The highest BCUT2D eigenvalue weighted by atomic mass is 16.5. The Bertz CT molecular complexity index is 353. The summed E-state index contributed by atoms with van der Waals surface area (Å²) < 4.78 is 5.42. The molecule has 5 heteroatoms. The molecule has 2 aliphatic rings. The third kappa shape index (κ3) is 3.51. The molecule has 2 saturated carbocycles. The van der Waals surface area contributed by atoms with E-state index in [4.69, 9.17) is 4.74 Å². The number of ether oxygens (including phenoxy) is 1. The molecule has 2 rings (SSSR count). The Hall–Kier alpha value is -1.10. The van der Waals surface area contributed by atoms with Crippen LogP contribution in [0.15, 0.2) is 0 Å². The van der Waals surface area contributed by atoms with Gasteiger partial charge in [-0.05, 0) is 38.0 Å². The van der Waals surface area contributed by atoms with Crippen LogP contribution >= 0.6 is 0 Å². The van der Waals surface area contributed by atoms with E-state index in [0.29, 0.717) is 0 Å². The zero-order chi connectivity index (χ0) is 14.6. The van der Waals surface area contributed by atoms with E-state index in [-0.39, 0.29) is 23.8 Å². The number of carboxylic acid groups (broad SMARTS) is 1. The molecule has 0 aliphatic heterocycles. The first-order chi connectivity index (χ1) is 9.56. The first-order valence-corrected chi connectivity index (χ1v) is 7.64. The van der Waals surface area contributed by atoms with Gasteiger partial charge >= 0.3 is 5.97 Å². The normalized spacial score (nSPS) is 23.6. The zero-order valence-corrected chi connectivity index (χ0v) is 12.2. The Morgan fingerprint density at radius 2 is 1.90 bits per heavy atom. The Balaban J connectivity index is 1.90. The second kappa shape index (κ2) is 6.57. The smallest absolute Gasteiger partial charge is 0.326 e. The summed E-state index contributed by atoms with van der Waals surface area (Å²) in [5, 5.41) is 12.1. The molecular formula is C15H25NO4. The van der Waals surface area contributed by atoms with Crippen molar-refractivity contribution in [3.8, 4) is 0 Å². The molecule has 0 bridgehead atoms. The van der Waals surface area contributed by atoms with Crippen molar-refractivity contribution in [1.82, 2.24) is 5.32 Å². The fraction of sp³-hybridized carbons (Fsp3) is 0.867. The van der Waals surface area contributed by atoms with E-state index in [1.165, 1.54) is 6.42 Å². The number of hydrogen-bond donors (Lipinski definition) is 2. The fourth-order valence-electron chi connectivity index (χ4n) is 3.39. The molecule has 0 saturated heterocycles. The van der Waals surface area contributed by atoms with Crippen LogP contribution in [-0.2, 0) is 14.3 Å². The van der Waals surface area contributed by atoms with Gasteiger partial charge in [0.25, 0.3) is 0 Å². The predicted molar refractivity (Wildman–Crippen MR) is 74.3 cm³/mol. The molecule has 114 valence electrons. The highest BCUT2D eigenvalue weighted by Crippen LogP contribution is 2.38. The lowest BCUT2D eigenvalue weighted by molar-refractivity contribution is -0.146. The van der Waals surface area contributed by atoms with Crippen LogP contribution in [0, 0.1) is 5.92 Å². The molecule has 1 unspecified atom stereocenters. The molecule has 0 aromatic carbocycles. The summed E-state index contributed by atoms with van der Waals surface area (Å²) >= 11 is 0. The molecule has 0 heterocycles. The second-order valence-corrected chi connectivity index (χ2v) is 6.20. The van der Waals surface area contributed by atoms with Crippen LogP contribution in [0.5, 0.6) is 0 Å². The quantitative estimate of drug-likeness (QED) is 0.782. The maximum atomic E-state index is 12.1. The summed E-state index contributed by atoms with van der Waals surface area (Å²) in [5.41, 5.74) is -0.348. The van der Waals surface area contributed by atoms with Gasteiger partial charge in [0, 0.05) is 7.11 Å². The minimum absolute atomic E-state index is 0.0742. The lowest BCUT2D eigenvalue weighted by Crippen LogP contribution is -2.50. The van der Waals surface area contributed by atoms with Crippen LogP contribution in [0.2, 0.25) is 0 Å². The van der Waals surface area contributed by atoms with Crippen molar-refractivity contribution in [3.05, 3.63) is 0 Å². The molecule has 0 radical (unpaired) electrons. The maximum absolute atomic E-state index is 12.1. The van der Waals surface area contributed by atoms with E-state index in [2.05, 4.69) is 5.32 Å². The van der Waals surface area contributed by atoms with Crippen molar-refractivity contribution >= 4 is 11.9 Å². The average molecular weight is 283 g/mol. The monoisotopic (exact) mass is 283 g/mol. The second-order valence-electron chi connectivity index (χ2n) is 6.20. The zero-order valence-electron chi connectivity index (χ0n) is 12.2. The van der Waals surface area contributed by atoms with Crippen molar-refractivity contribution in [3.63, 3.8) is 0 Å². The van der Waals surface area contributed by atoms with Crippen LogP contribution < -0.4 is 5.32 Å². The molecule has 2 N–H and O–H groups in total. The average Bonchev–Trinajstić information content (AvgIpc) is 2.41. The number of amides is 1. The van der Waals surface area contributed by atoms with E-state index in [1.54, 1.807) is 7.11 Å². The van der Waals surface area contributed by atoms with Crippen LogP contribution in [0.4, 0.5) is 0 Å². The van der Waals surface area contributed by atoms with Gasteiger partial charge in [0.15, 0.2) is 0 Å². The lowest BCUT2D eigenvalue weighted by Gasteiger charge is -2.40. The van der Waals surface area contributed by atoms with Gasteiger partial charge in [-0.25, -0.2) is 4.79 Å². The minimum atomic E-state index is -0.912. The Kier molecular flexibility index (Phi) is 5.02. The van der Waals surface area contributed by atoms with Gasteiger partial charge < -0.3 is 15.2 Å². The number of carboxylic acids is 1. The van der Waals surface area contributed by atoms with Crippen molar-refractivity contribution in [1.29, 1.82) is 0 Å². The van der Waals surface area contributed by atoms with Gasteiger partial charge in [-0.3, -0.25) is 4.79 Å². The van der Waals surface area contributed by atoms with Gasteiger partial charge in [0.05, 0.1) is 12.0 Å². The Labute approximate surface area is 120 Å². The lowest BCUT2D eigenvalue weighted by atomic mass is 9.77. The van der Waals surface area contributed by atoms with E-state index in [1.807, 2.05) is 0 Å². The van der Waals surface area contributed by atoms with Gasteiger partial charge in [0.2, 0.25) is 5.91 Å². The molecular weight excluding hydrogens is 258 g/mol. The maximum Gasteiger partial charge on any atom is 0.326 e. The number of methoxy groups -OCH3 is 1. The minimum Gasteiger partial charge on any atom is -0.480 e. The van der Waals surface area contributed by atoms with Gasteiger partial charge in [-0.2, -0.15) is 0 Å². The molecule has 0 aromatic rings. The third-order valence-electron chi connectivity index (χ3n) is 4.88. The number of aliphatic carboxylic acids is 1. The summed E-state index contributed by atoms with van der Waals surface area (Å²) in [6.07, 6.45) is 8.21. The van der Waals surface area contributed by atoms with Crippen molar-refractivity contribution in [2.24, 2.45) is 5.92 Å². The molecule has 1 atom stereocenters. The topological polar surface area (TPSA) is 75.6 Å². The number of rotatable bonds is 6. The summed E-state index contributed by atoms with van der Waals surface area (Å²) in [7, 11) is 1.63. The van der Waals surface area contributed by atoms with Crippen LogP contribution in [-0.4, -0.2) is 35.7 Å². The highest BCUT2D eigenvalue weighted by Gasteiger charge is 2.40. The fourth-order valence-corrected chi connectivity index (χ4v) is 3.39. The Morgan fingerprint density at radius 1 is 1.25 bits per heavy atom. The SMILES string of the molecule is COC1(CC(=O)NC(C(=O)O)C2CCCCC2)CCC1. The van der Waals surface area contributed by atoms with Gasteiger partial charge in [0.1, 0.15) is 6.04 Å². The third-order valence-corrected chi connectivity index (χ3v) is 4.88. The summed E-state index contributed by atoms with van der Waals surface area (Å²) in [6, 6.07) is -0.739. The molecule has 1 amide bonds. The van der Waals surface area contributed by atoms with Crippen LogP contribution in [0.3, 0.4) is 0 Å². The molecule has 5 nitrogen and oxygen atoms in total. The van der Waals surface area contributed by atoms with E-state index in [0.717, 1.165) is 44.9 Å². The standard InChI is InChI=1S/C15H25NO4/c1-20-15(8-5-9-15)10-12(17)16-13(14(18)19)11-6-3-2-4-7-11/h11,13H,2-10H2,1H3,(H,16,17)(H,18,19). The number of carbonyl (C=O) groups is 2. The first-order valence-electron chi connectivity index (χ1n) is 7.64. The van der Waals surface area contributed by atoms with Gasteiger partial charge in [-0.1, -0.05) is 19.3 Å². The number of nitrogens with one attached hydrogen (secondary N) is 1. The van der Waals surface area contributed by atoms with Crippen molar-refractivity contribution in [2.75, 3.05) is 7.11 Å². The first kappa shape index (κ1) is 15.3. The van der Waals surface area contributed by atoms with E-state index < -0.39 is 12.0 Å². The molecule has 0 spiro atoms. The van der Waals surface area contributed by atoms with Crippen LogP contribution in [0.1, 0.15) is 57.8 Å². The van der Waals surface area contributed by atoms with Crippen LogP contribution in [0.25, 0.3) is 0 Å². The molecule has 2 fully saturated rings. The van der Waals surface area contributed by atoms with Crippen molar-refractivity contribution < 1.29 is 19.4 Å². The highest BCUT2D eigenvalue weighted by molar-refractivity contribution is 5.84. The summed E-state index contributed by atoms with van der Waals surface area (Å²) in [4.78, 5) is 23.5. The molecule has 20 heavy (non-hydrogen) atoms. The summed E-state index contributed by atoms with van der Waals surface area (Å²) in [6.45, 7) is 0. The Morgan fingerprint density at radius 3 is 2.35 bits per heavy atom. The molecule has 0 aromatic heterocycles. The largest absolute Gasteiger partial charge is 0.480 e. The number of hydrogen-bond acceptors (Lipinski definition) is 3. The summed E-state index contributed by atoms with van der Waals surface area (Å²) in [5.74, 6) is -1.03. The predicted octanol–water partition coefficient (Wildman–Crippen LogP) is 2.10. The van der Waals surface area contributed by atoms with E-state index >= 15 is 0 Å². The number of carbonyl (C=O) groups excluding carboxylic acids is 1. The van der Waals surface area contributed by atoms with Gasteiger partial charge in [-0.15, -0.1) is 0 Å².